The fourth-order valence-electron chi connectivity index (χ4n) is 2.68. The average molecular weight is 499 g/mol. The third kappa shape index (κ3) is 7.55. The fraction of sp³-hybridized carbons (Fsp3) is 0.381. The van der Waals surface area contributed by atoms with Crippen LogP contribution < -0.4 is 14.8 Å². The second-order valence-corrected chi connectivity index (χ2v) is 6.05. The van der Waals surface area contributed by atoms with Gasteiger partial charge in [0.2, 0.25) is 0 Å². The lowest BCUT2D eigenvalue weighted by Crippen LogP contribution is -2.38. The first-order chi connectivity index (χ1) is 13.2. The average Bonchev–Trinajstić information content (AvgIpc) is 2.70. The van der Waals surface area contributed by atoms with Crippen molar-refractivity contribution < 1.29 is 14.2 Å². The summed E-state index contributed by atoms with van der Waals surface area (Å²) in [5.74, 6) is 2.54. The molecule has 1 N–H and O–H groups in total. The molecule has 0 saturated carbocycles. The Morgan fingerprint density at radius 1 is 1.04 bits per heavy atom. The molecule has 0 aromatic heterocycles. The number of para-hydroxylation sites is 1. The van der Waals surface area contributed by atoms with Crippen molar-refractivity contribution in [2.75, 3.05) is 41.5 Å². The monoisotopic (exact) mass is 499 g/mol. The Bertz CT molecular complexity index is 723. The van der Waals surface area contributed by atoms with E-state index < -0.39 is 0 Å². The van der Waals surface area contributed by atoms with Gasteiger partial charge in [0.15, 0.2) is 5.96 Å². The Morgan fingerprint density at radius 2 is 1.75 bits per heavy atom. The largest absolute Gasteiger partial charge is 0.496 e. The molecule has 0 fully saturated rings. The molecule has 0 atom stereocenters. The molecule has 0 heterocycles. The lowest BCUT2D eigenvalue weighted by atomic mass is 10.2. The minimum absolute atomic E-state index is 0. The van der Waals surface area contributed by atoms with Crippen LogP contribution in [0.15, 0.2) is 53.5 Å². The molecule has 154 valence electrons. The van der Waals surface area contributed by atoms with Gasteiger partial charge in [0, 0.05) is 39.9 Å². The summed E-state index contributed by atoms with van der Waals surface area (Å²) in [6, 6.07) is 16.0. The van der Waals surface area contributed by atoms with E-state index in [0.717, 1.165) is 28.6 Å². The second-order valence-electron chi connectivity index (χ2n) is 6.05. The summed E-state index contributed by atoms with van der Waals surface area (Å²) in [4.78, 5) is 6.44. The minimum Gasteiger partial charge on any atom is -0.496 e. The standard InChI is InChI=1S/C21H29N3O3.HI/c1-22-21(24(2)16-18-7-5-6-8-20(18)26-4)23-15-17-9-11-19(12-10-17)27-14-13-25-3;/h5-12H,13-16H2,1-4H3,(H,22,23);1H. The Hall–Kier alpha value is -2.00. The van der Waals surface area contributed by atoms with Crippen molar-refractivity contribution in [3.63, 3.8) is 0 Å². The number of benzene rings is 2. The van der Waals surface area contributed by atoms with E-state index in [2.05, 4.69) is 21.3 Å². The number of nitrogens with one attached hydrogen (secondary N) is 1. The minimum atomic E-state index is 0. The van der Waals surface area contributed by atoms with Crippen molar-refractivity contribution in [3.05, 3.63) is 59.7 Å². The molecular formula is C21H30IN3O3. The number of rotatable bonds is 9. The molecule has 0 bridgehead atoms. The molecule has 0 aliphatic carbocycles. The van der Waals surface area contributed by atoms with E-state index in [-0.39, 0.29) is 24.0 Å². The van der Waals surface area contributed by atoms with E-state index >= 15 is 0 Å². The summed E-state index contributed by atoms with van der Waals surface area (Å²) in [6.45, 7) is 2.52. The smallest absolute Gasteiger partial charge is 0.193 e. The SMILES string of the molecule is CN=C(NCc1ccc(OCCOC)cc1)N(C)Cc1ccccc1OC.I. The van der Waals surface area contributed by atoms with Crippen molar-refractivity contribution in [1.29, 1.82) is 0 Å². The molecule has 0 amide bonds. The second kappa shape index (κ2) is 13.2. The van der Waals surface area contributed by atoms with E-state index in [1.54, 1.807) is 21.3 Å². The van der Waals surface area contributed by atoms with Crippen molar-refractivity contribution in [3.8, 4) is 11.5 Å². The third-order valence-electron chi connectivity index (χ3n) is 4.10. The third-order valence-corrected chi connectivity index (χ3v) is 4.10. The maximum atomic E-state index is 5.59. The summed E-state index contributed by atoms with van der Waals surface area (Å²) in [5, 5.41) is 3.39. The molecule has 0 aliphatic heterocycles. The van der Waals surface area contributed by atoms with E-state index in [0.29, 0.717) is 26.3 Å². The maximum absolute atomic E-state index is 5.59. The van der Waals surface area contributed by atoms with Gasteiger partial charge in [0.25, 0.3) is 0 Å². The number of halogens is 1. The van der Waals surface area contributed by atoms with Gasteiger partial charge in [0.1, 0.15) is 18.1 Å². The predicted molar refractivity (Wildman–Crippen MR) is 124 cm³/mol. The van der Waals surface area contributed by atoms with Crippen LogP contribution in [0.4, 0.5) is 0 Å². The number of nitrogens with zero attached hydrogens (tertiary/aromatic N) is 2. The lowest BCUT2D eigenvalue weighted by Gasteiger charge is -2.23. The van der Waals surface area contributed by atoms with Gasteiger partial charge in [-0.3, -0.25) is 4.99 Å². The van der Waals surface area contributed by atoms with E-state index in [1.807, 2.05) is 49.5 Å². The van der Waals surface area contributed by atoms with Crippen molar-refractivity contribution in [1.82, 2.24) is 10.2 Å². The molecule has 2 aromatic carbocycles. The van der Waals surface area contributed by atoms with Crippen molar-refractivity contribution >= 4 is 29.9 Å². The van der Waals surface area contributed by atoms with Crippen LogP contribution in [0.5, 0.6) is 11.5 Å². The van der Waals surface area contributed by atoms with E-state index in [4.69, 9.17) is 14.2 Å². The zero-order valence-corrected chi connectivity index (χ0v) is 19.3. The normalized spacial score (nSPS) is 10.8. The van der Waals surface area contributed by atoms with Gasteiger partial charge in [-0.2, -0.15) is 0 Å². The summed E-state index contributed by atoms with van der Waals surface area (Å²) in [5.41, 5.74) is 2.27. The highest BCUT2D eigenvalue weighted by Gasteiger charge is 2.09. The number of methoxy groups -OCH3 is 2. The van der Waals surface area contributed by atoms with Crippen LogP contribution in [0.25, 0.3) is 0 Å². The van der Waals surface area contributed by atoms with Gasteiger partial charge in [-0.15, -0.1) is 24.0 Å². The number of hydrogen-bond donors (Lipinski definition) is 1. The van der Waals surface area contributed by atoms with E-state index in [1.165, 1.54) is 0 Å². The number of ether oxygens (including phenoxy) is 3. The molecule has 28 heavy (non-hydrogen) atoms. The van der Waals surface area contributed by atoms with Gasteiger partial charge >= 0.3 is 0 Å². The molecule has 2 aromatic rings. The zero-order valence-electron chi connectivity index (χ0n) is 17.0. The molecule has 0 aliphatic rings. The molecule has 0 radical (unpaired) electrons. The first-order valence-electron chi connectivity index (χ1n) is 8.92. The highest BCUT2D eigenvalue weighted by molar-refractivity contribution is 14.0. The molecule has 0 unspecified atom stereocenters. The van der Waals surface area contributed by atoms with Gasteiger partial charge in [-0.05, 0) is 23.8 Å². The summed E-state index contributed by atoms with van der Waals surface area (Å²) in [7, 11) is 7.15. The van der Waals surface area contributed by atoms with E-state index in [9.17, 15) is 0 Å². The Kier molecular flexibility index (Phi) is 11.4. The lowest BCUT2D eigenvalue weighted by molar-refractivity contribution is 0.146. The maximum Gasteiger partial charge on any atom is 0.193 e. The highest BCUT2D eigenvalue weighted by Crippen LogP contribution is 2.18. The summed E-state index contributed by atoms with van der Waals surface area (Å²) in [6.07, 6.45) is 0. The summed E-state index contributed by atoms with van der Waals surface area (Å²) >= 11 is 0. The Labute approximate surface area is 184 Å². The molecule has 0 saturated heterocycles. The van der Waals surface area contributed by atoms with Crippen LogP contribution in [-0.4, -0.2) is 52.4 Å². The van der Waals surface area contributed by atoms with Gasteiger partial charge in [-0.1, -0.05) is 30.3 Å². The number of hydrogen-bond acceptors (Lipinski definition) is 4. The highest BCUT2D eigenvalue weighted by atomic mass is 127. The number of guanidine groups is 1. The molecule has 7 heteroatoms. The van der Waals surface area contributed by atoms with Crippen LogP contribution in [0.3, 0.4) is 0 Å². The van der Waals surface area contributed by atoms with Crippen LogP contribution in [0, 0.1) is 0 Å². The first-order valence-corrected chi connectivity index (χ1v) is 8.92. The van der Waals surface area contributed by atoms with Crippen LogP contribution in [0.2, 0.25) is 0 Å². The summed E-state index contributed by atoms with van der Waals surface area (Å²) < 4.78 is 16.0. The van der Waals surface area contributed by atoms with Gasteiger partial charge in [-0.25, -0.2) is 0 Å². The van der Waals surface area contributed by atoms with Crippen LogP contribution in [0.1, 0.15) is 11.1 Å². The quantitative estimate of drug-likeness (QED) is 0.248. The topological polar surface area (TPSA) is 55.3 Å². The van der Waals surface area contributed by atoms with Crippen LogP contribution >= 0.6 is 24.0 Å². The van der Waals surface area contributed by atoms with Crippen molar-refractivity contribution in [2.45, 2.75) is 13.1 Å². The Morgan fingerprint density at radius 3 is 2.39 bits per heavy atom. The molecular weight excluding hydrogens is 469 g/mol. The predicted octanol–water partition coefficient (Wildman–Crippen LogP) is 3.55. The number of aliphatic imine (C=N–C) groups is 1. The molecule has 2 rings (SSSR count). The molecule has 0 spiro atoms. The zero-order chi connectivity index (χ0) is 19.5. The first kappa shape index (κ1) is 24.0. The van der Waals surface area contributed by atoms with Gasteiger partial charge in [0.05, 0.1) is 13.7 Å². The fourth-order valence-corrected chi connectivity index (χ4v) is 2.68. The molecule has 6 nitrogen and oxygen atoms in total. The van der Waals surface area contributed by atoms with Crippen LogP contribution in [-0.2, 0) is 17.8 Å². The van der Waals surface area contributed by atoms with Crippen molar-refractivity contribution in [2.24, 2.45) is 4.99 Å². The van der Waals surface area contributed by atoms with Gasteiger partial charge < -0.3 is 24.4 Å². The Balaban J connectivity index is 0.00000392.